The quantitative estimate of drug-likeness (QED) is 0.540. The van der Waals surface area contributed by atoms with Crippen LogP contribution in [-0.4, -0.2) is 24.4 Å². The summed E-state index contributed by atoms with van der Waals surface area (Å²) in [4.78, 5) is 32.5. The summed E-state index contributed by atoms with van der Waals surface area (Å²) < 4.78 is 5.10. The number of carbonyl (C=O) groups is 3. The number of nitrogens with one attached hydrogen (secondary N) is 2. The van der Waals surface area contributed by atoms with Crippen LogP contribution in [0.2, 0.25) is 0 Å². The van der Waals surface area contributed by atoms with E-state index < -0.39 is 11.8 Å². The number of rotatable bonds is 8. The Hall–Kier alpha value is -2.63. The molecule has 0 saturated carbocycles. The molecule has 148 valence electrons. The lowest BCUT2D eigenvalue weighted by molar-refractivity contribution is -0.144. The third kappa shape index (κ3) is 9.03. The van der Waals surface area contributed by atoms with Crippen molar-refractivity contribution in [2.24, 2.45) is 5.92 Å². The molecule has 6 nitrogen and oxygen atoms in total. The summed E-state index contributed by atoms with van der Waals surface area (Å²) in [6.07, 6.45) is 6.94. The lowest BCUT2D eigenvalue weighted by Crippen LogP contribution is -2.19. The molecule has 2 N–H and O–H groups in total. The molecule has 0 aliphatic carbocycles. The molecule has 2 amide bonds. The van der Waals surface area contributed by atoms with E-state index in [1.54, 1.807) is 6.08 Å². The predicted octanol–water partition coefficient (Wildman–Crippen LogP) is 3.39. The Morgan fingerprint density at radius 1 is 1.07 bits per heavy atom. The molecule has 1 heterocycles. The van der Waals surface area contributed by atoms with E-state index in [4.69, 9.17) is 4.74 Å². The molecule has 1 unspecified atom stereocenters. The first-order chi connectivity index (χ1) is 13.0. The average molecular weight is 374 g/mol. The molecular formula is C21H30N2O4. The van der Waals surface area contributed by atoms with E-state index in [9.17, 15) is 14.4 Å². The number of unbranched alkanes of at least 4 members (excludes halogenated alkanes) is 1. The molecule has 0 bridgehead atoms. The van der Waals surface area contributed by atoms with E-state index >= 15 is 0 Å². The van der Waals surface area contributed by atoms with E-state index in [1.807, 2.05) is 37.3 Å². The molecule has 1 aromatic carbocycles. The van der Waals surface area contributed by atoms with Crippen molar-refractivity contribution in [2.75, 3.05) is 6.61 Å². The molecule has 0 radical (unpaired) electrons. The van der Waals surface area contributed by atoms with Crippen LogP contribution in [0.25, 0.3) is 6.08 Å². The number of ether oxygens (including phenoxy) is 1. The van der Waals surface area contributed by atoms with Gasteiger partial charge >= 0.3 is 17.8 Å². The highest BCUT2D eigenvalue weighted by Gasteiger charge is 2.23. The Labute approximate surface area is 161 Å². The van der Waals surface area contributed by atoms with E-state index in [2.05, 4.69) is 24.5 Å². The van der Waals surface area contributed by atoms with Crippen LogP contribution < -0.4 is 10.6 Å². The molecule has 27 heavy (non-hydrogen) atoms. The summed E-state index contributed by atoms with van der Waals surface area (Å²) in [6.45, 7) is 6.78. The molecule has 1 saturated heterocycles. The van der Waals surface area contributed by atoms with Crippen molar-refractivity contribution in [1.82, 2.24) is 10.6 Å². The standard InChI is InChI=1S/C11H22O2.C10H8N2O2/c1-4-7-8-10(5-2)9-13-11(12)6-3;13-9-10(14)12-8(11-9)6-7-4-2-1-3-5-7/h10H,4-9H2,1-3H3;1-6H,(H,11,13)(H,12,14). The highest BCUT2D eigenvalue weighted by atomic mass is 16.5. The van der Waals surface area contributed by atoms with Gasteiger partial charge in [0.2, 0.25) is 0 Å². The summed E-state index contributed by atoms with van der Waals surface area (Å²) in [5.41, 5.74) is 0.921. The second-order valence-corrected chi connectivity index (χ2v) is 6.33. The third-order valence-electron chi connectivity index (χ3n) is 4.13. The van der Waals surface area contributed by atoms with E-state index in [0.717, 1.165) is 12.0 Å². The molecule has 1 fully saturated rings. The topological polar surface area (TPSA) is 84.5 Å². The summed E-state index contributed by atoms with van der Waals surface area (Å²) >= 11 is 0. The number of benzene rings is 1. The lowest BCUT2D eigenvalue weighted by atomic mass is 10.0. The van der Waals surface area contributed by atoms with Crippen LogP contribution >= 0.6 is 0 Å². The number of esters is 1. The SMILES string of the molecule is CCCCC(CC)COC(=O)CC.O=C1NC(=Cc2ccccc2)NC1=O. The molecule has 0 aromatic heterocycles. The minimum absolute atomic E-state index is 0.0741. The van der Waals surface area contributed by atoms with Gasteiger partial charge in [0.25, 0.3) is 0 Å². The molecule has 1 aliphatic rings. The van der Waals surface area contributed by atoms with Crippen LogP contribution in [0.4, 0.5) is 0 Å². The first-order valence-electron chi connectivity index (χ1n) is 9.54. The van der Waals surface area contributed by atoms with Gasteiger partial charge in [0.05, 0.1) is 6.61 Å². The van der Waals surface area contributed by atoms with Crippen LogP contribution in [0.15, 0.2) is 36.2 Å². The second kappa shape index (κ2) is 12.7. The van der Waals surface area contributed by atoms with Gasteiger partial charge in [0.1, 0.15) is 5.82 Å². The minimum Gasteiger partial charge on any atom is -0.465 e. The first-order valence-corrected chi connectivity index (χ1v) is 9.54. The third-order valence-corrected chi connectivity index (χ3v) is 4.13. The Balaban J connectivity index is 0.000000271. The minimum atomic E-state index is -0.618. The molecule has 1 aromatic rings. The van der Waals surface area contributed by atoms with Crippen LogP contribution in [-0.2, 0) is 19.1 Å². The average Bonchev–Trinajstić information content (AvgIpc) is 3.00. The molecule has 6 heteroatoms. The highest BCUT2D eigenvalue weighted by Crippen LogP contribution is 2.13. The molecule has 2 rings (SSSR count). The number of hydrogen-bond acceptors (Lipinski definition) is 4. The van der Waals surface area contributed by atoms with E-state index in [0.29, 0.717) is 24.8 Å². The fourth-order valence-corrected chi connectivity index (χ4v) is 2.39. The summed E-state index contributed by atoms with van der Waals surface area (Å²) in [5.74, 6) is -0.323. The van der Waals surface area contributed by atoms with Crippen molar-refractivity contribution in [3.8, 4) is 0 Å². The Bertz CT molecular complexity index is 623. The zero-order valence-corrected chi connectivity index (χ0v) is 16.4. The smallest absolute Gasteiger partial charge is 0.315 e. The van der Waals surface area contributed by atoms with Crippen molar-refractivity contribution < 1.29 is 19.1 Å². The van der Waals surface area contributed by atoms with Gasteiger partial charge in [-0.3, -0.25) is 14.4 Å². The van der Waals surface area contributed by atoms with Crippen molar-refractivity contribution in [3.05, 3.63) is 41.7 Å². The van der Waals surface area contributed by atoms with Crippen LogP contribution in [0.5, 0.6) is 0 Å². The zero-order chi connectivity index (χ0) is 20.1. The fourth-order valence-electron chi connectivity index (χ4n) is 2.39. The Kier molecular flexibility index (Phi) is 10.5. The number of amides is 2. The maximum atomic E-state index is 10.9. The maximum absolute atomic E-state index is 10.9. The lowest BCUT2D eigenvalue weighted by Gasteiger charge is -2.13. The largest absolute Gasteiger partial charge is 0.465 e. The van der Waals surface area contributed by atoms with Gasteiger partial charge in [0, 0.05) is 6.42 Å². The van der Waals surface area contributed by atoms with Gasteiger partial charge in [-0.25, -0.2) is 0 Å². The molecule has 0 spiro atoms. The van der Waals surface area contributed by atoms with Gasteiger partial charge in [-0.15, -0.1) is 0 Å². The molecule has 1 atom stereocenters. The molecule has 1 aliphatic heterocycles. The summed E-state index contributed by atoms with van der Waals surface area (Å²) in [5, 5.41) is 4.83. The van der Waals surface area contributed by atoms with Crippen LogP contribution in [0, 0.1) is 5.92 Å². The fraction of sp³-hybridized carbons (Fsp3) is 0.476. The van der Waals surface area contributed by atoms with Gasteiger partial charge in [-0.1, -0.05) is 70.4 Å². The van der Waals surface area contributed by atoms with E-state index in [-0.39, 0.29) is 5.97 Å². The maximum Gasteiger partial charge on any atom is 0.315 e. The van der Waals surface area contributed by atoms with Crippen molar-refractivity contribution in [3.63, 3.8) is 0 Å². The van der Waals surface area contributed by atoms with E-state index in [1.165, 1.54) is 19.3 Å². The van der Waals surface area contributed by atoms with Gasteiger partial charge in [-0.05, 0) is 24.0 Å². The van der Waals surface area contributed by atoms with Crippen molar-refractivity contribution in [1.29, 1.82) is 0 Å². The van der Waals surface area contributed by atoms with Crippen molar-refractivity contribution in [2.45, 2.75) is 52.9 Å². The van der Waals surface area contributed by atoms with Gasteiger partial charge < -0.3 is 15.4 Å². The summed E-state index contributed by atoms with van der Waals surface area (Å²) in [6, 6.07) is 9.41. The Morgan fingerprint density at radius 2 is 1.70 bits per heavy atom. The normalized spacial score (nSPS) is 13.8. The van der Waals surface area contributed by atoms with Gasteiger partial charge in [0.15, 0.2) is 0 Å². The number of carbonyl (C=O) groups excluding carboxylic acids is 3. The number of hydrogen-bond donors (Lipinski definition) is 2. The zero-order valence-electron chi connectivity index (χ0n) is 16.4. The predicted molar refractivity (Wildman–Crippen MR) is 105 cm³/mol. The highest BCUT2D eigenvalue weighted by molar-refractivity contribution is 6.38. The second-order valence-electron chi connectivity index (χ2n) is 6.33. The van der Waals surface area contributed by atoms with Crippen LogP contribution in [0.1, 0.15) is 58.4 Å². The molecular weight excluding hydrogens is 344 g/mol. The van der Waals surface area contributed by atoms with Crippen LogP contribution in [0.3, 0.4) is 0 Å². The monoisotopic (exact) mass is 374 g/mol. The van der Waals surface area contributed by atoms with Crippen molar-refractivity contribution >= 4 is 23.9 Å². The van der Waals surface area contributed by atoms with Gasteiger partial charge in [-0.2, -0.15) is 0 Å². The summed E-state index contributed by atoms with van der Waals surface area (Å²) in [7, 11) is 0. The first kappa shape index (κ1) is 22.4. The Morgan fingerprint density at radius 3 is 2.22 bits per heavy atom.